The molecule has 39 heavy (non-hydrogen) atoms. The number of aromatic amines is 1. The van der Waals surface area contributed by atoms with E-state index in [0.29, 0.717) is 43.3 Å². The van der Waals surface area contributed by atoms with Crippen LogP contribution in [0, 0.1) is 6.92 Å². The number of anilines is 1. The number of alkyl halides is 3. The third-order valence-electron chi connectivity index (χ3n) is 7.72. The fourth-order valence-corrected chi connectivity index (χ4v) is 5.10. The molecule has 0 bridgehead atoms. The van der Waals surface area contributed by atoms with Gasteiger partial charge < -0.3 is 9.88 Å². The average Bonchev–Trinajstić information content (AvgIpc) is 3.40. The SMILES string of the molecule is CCC(C)(C)n1nnnc1[C@H](c1cc2ccc(C)cc2[nH]c1=O)N1CCN(c2cccc(C(F)(F)F)c2)CC1. The van der Waals surface area contributed by atoms with Crippen molar-refractivity contribution in [2.24, 2.45) is 0 Å². The van der Waals surface area contributed by atoms with Crippen LogP contribution in [0.3, 0.4) is 0 Å². The van der Waals surface area contributed by atoms with Gasteiger partial charge in [-0.25, -0.2) is 4.68 Å². The van der Waals surface area contributed by atoms with E-state index in [1.165, 1.54) is 12.1 Å². The van der Waals surface area contributed by atoms with Crippen LogP contribution in [0.5, 0.6) is 0 Å². The number of fused-ring (bicyclic) bond motifs is 1. The molecule has 0 aliphatic carbocycles. The van der Waals surface area contributed by atoms with Gasteiger partial charge in [0.25, 0.3) is 5.56 Å². The third kappa shape index (κ3) is 5.27. The number of nitrogens with zero attached hydrogens (tertiary/aromatic N) is 6. The Morgan fingerprint density at radius 3 is 2.46 bits per heavy atom. The number of aromatic nitrogens is 5. The lowest BCUT2D eigenvalue weighted by Gasteiger charge is -2.40. The Hall–Kier alpha value is -3.73. The summed E-state index contributed by atoms with van der Waals surface area (Å²) in [5, 5.41) is 13.6. The maximum Gasteiger partial charge on any atom is 0.416 e. The molecule has 0 saturated carbocycles. The van der Waals surface area contributed by atoms with Gasteiger partial charge >= 0.3 is 6.18 Å². The van der Waals surface area contributed by atoms with Crippen molar-refractivity contribution < 1.29 is 13.2 Å². The Morgan fingerprint density at radius 1 is 1.03 bits per heavy atom. The largest absolute Gasteiger partial charge is 0.416 e. The Morgan fingerprint density at radius 2 is 1.77 bits per heavy atom. The van der Waals surface area contributed by atoms with Crippen LogP contribution in [-0.2, 0) is 11.7 Å². The van der Waals surface area contributed by atoms with E-state index in [4.69, 9.17) is 0 Å². The number of nitrogens with one attached hydrogen (secondary N) is 1. The molecular formula is C28H32F3N7O. The molecule has 4 aromatic rings. The molecule has 0 unspecified atom stereocenters. The average molecular weight is 540 g/mol. The molecule has 1 aliphatic heterocycles. The number of halogens is 3. The molecule has 3 heterocycles. The molecule has 11 heteroatoms. The van der Waals surface area contributed by atoms with Gasteiger partial charge in [-0.3, -0.25) is 9.69 Å². The number of hydrogen-bond acceptors (Lipinski definition) is 6. The molecular weight excluding hydrogens is 507 g/mol. The van der Waals surface area contributed by atoms with Crippen molar-refractivity contribution in [1.82, 2.24) is 30.1 Å². The molecule has 5 rings (SSSR count). The fraction of sp³-hybridized carbons (Fsp3) is 0.429. The zero-order valence-corrected chi connectivity index (χ0v) is 22.5. The van der Waals surface area contributed by atoms with E-state index in [1.54, 1.807) is 10.7 Å². The number of pyridine rings is 1. The van der Waals surface area contributed by atoms with Crippen LogP contribution in [0.2, 0.25) is 0 Å². The van der Waals surface area contributed by atoms with Crippen molar-refractivity contribution in [3.63, 3.8) is 0 Å². The lowest BCUT2D eigenvalue weighted by atomic mass is 9.98. The highest BCUT2D eigenvalue weighted by Gasteiger charge is 2.36. The second-order valence-electron chi connectivity index (χ2n) is 10.7. The molecule has 1 N–H and O–H groups in total. The first-order valence-electron chi connectivity index (χ1n) is 13.1. The van der Waals surface area contributed by atoms with Crippen molar-refractivity contribution in [2.75, 3.05) is 31.1 Å². The van der Waals surface area contributed by atoms with E-state index in [-0.39, 0.29) is 5.56 Å². The Balaban J connectivity index is 1.53. The minimum absolute atomic E-state index is 0.220. The molecule has 8 nitrogen and oxygen atoms in total. The molecule has 0 radical (unpaired) electrons. The Labute approximate surface area is 224 Å². The first-order chi connectivity index (χ1) is 18.5. The number of rotatable bonds is 6. The standard InChI is InChI=1S/C28H32F3N7O/c1-5-27(3,4)38-25(33-34-35-38)24(22-16-19-10-9-18(2)15-23(19)32-26(22)39)37-13-11-36(12-14-37)21-8-6-7-20(17-21)28(29,30)31/h6-10,15-17,24H,5,11-14H2,1-4H3,(H,32,39)/t24-/m0/s1. The predicted molar refractivity (Wildman–Crippen MR) is 144 cm³/mol. The minimum atomic E-state index is -4.40. The number of hydrogen-bond donors (Lipinski definition) is 1. The van der Waals surface area contributed by atoms with Gasteiger partial charge in [0, 0.05) is 42.9 Å². The minimum Gasteiger partial charge on any atom is -0.369 e. The summed E-state index contributed by atoms with van der Waals surface area (Å²) in [6.07, 6.45) is -3.63. The predicted octanol–water partition coefficient (Wildman–Crippen LogP) is 4.90. The van der Waals surface area contributed by atoms with Crippen molar-refractivity contribution >= 4 is 16.6 Å². The first kappa shape index (κ1) is 26.9. The van der Waals surface area contributed by atoms with Crippen molar-refractivity contribution in [1.29, 1.82) is 0 Å². The zero-order valence-electron chi connectivity index (χ0n) is 22.5. The number of benzene rings is 2. The van der Waals surface area contributed by atoms with Gasteiger partial charge in [0.15, 0.2) is 5.82 Å². The monoisotopic (exact) mass is 539 g/mol. The summed E-state index contributed by atoms with van der Waals surface area (Å²) < 4.78 is 41.7. The quantitative estimate of drug-likeness (QED) is 0.376. The van der Waals surface area contributed by atoms with Crippen LogP contribution in [0.1, 0.15) is 55.7 Å². The molecule has 206 valence electrons. The van der Waals surface area contributed by atoms with Crippen LogP contribution in [0.15, 0.2) is 53.3 Å². The van der Waals surface area contributed by atoms with E-state index in [1.807, 2.05) is 49.9 Å². The topological polar surface area (TPSA) is 82.9 Å². The lowest BCUT2D eigenvalue weighted by Crippen LogP contribution is -2.49. The van der Waals surface area contributed by atoms with Crippen molar-refractivity contribution in [2.45, 2.75) is 51.9 Å². The van der Waals surface area contributed by atoms with Gasteiger partial charge in [0.1, 0.15) is 6.04 Å². The van der Waals surface area contributed by atoms with Gasteiger partial charge in [-0.2, -0.15) is 13.2 Å². The normalized spacial score (nSPS) is 16.1. The molecule has 2 aromatic carbocycles. The molecule has 1 saturated heterocycles. The van der Waals surface area contributed by atoms with Gasteiger partial charge in [0.05, 0.1) is 11.1 Å². The van der Waals surface area contributed by atoms with Gasteiger partial charge in [-0.05, 0) is 78.9 Å². The summed E-state index contributed by atoms with van der Waals surface area (Å²) in [5.74, 6) is 0.561. The maximum absolute atomic E-state index is 13.5. The molecule has 0 amide bonds. The van der Waals surface area contributed by atoms with Crippen LogP contribution in [-0.4, -0.2) is 56.3 Å². The molecule has 1 aliphatic rings. The second kappa shape index (κ2) is 10.1. The van der Waals surface area contributed by atoms with E-state index in [0.717, 1.165) is 29.0 Å². The number of H-pyrrole nitrogens is 1. The molecule has 1 fully saturated rings. The summed E-state index contributed by atoms with van der Waals surface area (Å²) >= 11 is 0. The highest BCUT2D eigenvalue weighted by Crippen LogP contribution is 2.34. The van der Waals surface area contributed by atoms with Crippen molar-refractivity contribution in [3.05, 3.63) is 81.4 Å². The van der Waals surface area contributed by atoms with E-state index in [2.05, 4.69) is 32.3 Å². The lowest BCUT2D eigenvalue weighted by molar-refractivity contribution is -0.137. The smallest absolute Gasteiger partial charge is 0.369 e. The van der Waals surface area contributed by atoms with E-state index < -0.39 is 23.3 Å². The first-order valence-corrected chi connectivity index (χ1v) is 13.1. The second-order valence-corrected chi connectivity index (χ2v) is 10.7. The van der Waals surface area contributed by atoms with Crippen molar-refractivity contribution in [3.8, 4) is 0 Å². The summed E-state index contributed by atoms with van der Waals surface area (Å²) in [6.45, 7) is 10.1. The number of tetrazole rings is 1. The molecule has 2 aromatic heterocycles. The van der Waals surface area contributed by atoms with E-state index >= 15 is 0 Å². The fourth-order valence-electron chi connectivity index (χ4n) is 5.10. The van der Waals surface area contributed by atoms with E-state index in [9.17, 15) is 18.0 Å². The van der Waals surface area contributed by atoms with Gasteiger partial charge in [-0.1, -0.05) is 25.1 Å². The summed E-state index contributed by atoms with van der Waals surface area (Å²) in [4.78, 5) is 20.6. The number of piperazine rings is 1. The van der Waals surface area contributed by atoms with Gasteiger partial charge in [-0.15, -0.1) is 5.10 Å². The number of aryl methyl sites for hydroxylation is 1. The van der Waals surface area contributed by atoms with Crippen LogP contribution in [0.4, 0.5) is 18.9 Å². The summed E-state index contributed by atoms with van der Waals surface area (Å²) in [5.41, 5.74) is 1.57. The van der Waals surface area contributed by atoms with Crippen LogP contribution < -0.4 is 10.5 Å². The summed E-state index contributed by atoms with van der Waals surface area (Å²) in [7, 11) is 0. The molecule has 0 spiro atoms. The Bertz CT molecular complexity index is 1530. The van der Waals surface area contributed by atoms with Crippen LogP contribution in [0.25, 0.3) is 10.9 Å². The molecule has 1 atom stereocenters. The highest BCUT2D eigenvalue weighted by atomic mass is 19.4. The zero-order chi connectivity index (χ0) is 27.9. The maximum atomic E-state index is 13.5. The third-order valence-corrected chi connectivity index (χ3v) is 7.72. The Kier molecular flexibility index (Phi) is 6.96. The summed E-state index contributed by atoms with van der Waals surface area (Å²) in [6, 6.07) is 12.7. The van der Waals surface area contributed by atoms with Gasteiger partial charge in [0.2, 0.25) is 0 Å². The van der Waals surface area contributed by atoms with Crippen LogP contribution >= 0.6 is 0 Å². The highest BCUT2D eigenvalue weighted by molar-refractivity contribution is 5.79.